The van der Waals surface area contributed by atoms with Gasteiger partial charge in [-0.25, -0.2) is 9.78 Å². The molecule has 3 aromatic rings. The highest BCUT2D eigenvalue weighted by atomic mass is 16.4. The SMILES string of the molecule is CC(C)c1nc2cc3oc(=O)[nH]c3cc2[nH]1. The second-order valence-electron chi connectivity index (χ2n) is 4.16. The third kappa shape index (κ3) is 1.25. The summed E-state index contributed by atoms with van der Waals surface area (Å²) in [5.74, 6) is 0.842. The predicted octanol–water partition coefficient (Wildman–Crippen LogP) is 2.12. The van der Waals surface area contributed by atoms with Crippen LogP contribution in [-0.4, -0.2) is 15.0 Å². The Labute approximate surface area is 90.5 Å². The highest BCUT2D eigenvalue weighted by molar-refractivity contribution is 5.90. The fourth-order valence-corrected chi connectivity index (χ4v) is 1.75. The van der Waals surface area contributed by atoms with E-state index in [4.69, 9.17) is 4.42 Å². The molecule has 1 aromatic carbocycles. The molecule has 0 spiro atoms. The Morgan fingerprint density at radius 2 is 2.06 bits per heavy atom. The first-order valence-corrected chi connectivity index (χ1v) is 5.16. The topological polar surface area (TPSA) is 74.7 Å². The van der Waals surface area contributed by atoms with E-state index in [0.717, 1.165) is 16.9 Å². The van der Waals surface area contributed by atoms with Gasteiger partial charge in [-0.05, 0) is 6.07 Å². The summed E-state index contributed by atoms with van der Waals surface area (Å²) >= 11 is 0. The molecule has 82 valence electrons. The number of rotatable bonds is 1. The van der Waals surface area contributed by atoms with E-state index in [1.165, 1.54) is 0 Å². The molecule has 0 amide bonds. The number of nitrogens with one attached hydrogen (secondary N) is 2. The molecule has 2 aromatic heterocycles. The van der Waals surface area contributed by atoms with Gasteiger partial charge in [-0.3, -0.25) is 4.98 Å². The average molecular weight is 217 g/mol. The summed E-state index contributed by atoms with van der Waals surface area (Å²) in [6.45, 7) is 4.15. The van der Waals surface area contributed by atoms with Gasteiger partial charge >= 0.3 is 5.76 Å². The maximum absolute atomic E-state index is 11.0. The average Bonchev–Trinajstić information content (AvgIpc) is 2.74. The fraction of sp³-hybridized carbons (Fsp3) is 0.273. The standard InChI is InChI=1S/C11H11N3O2/c1-5(2)10-12-6-3-8-9(4-7(6)13-10)16-11(15)14-8/h3-5H,1-2H3,(H,12,13)(H,14,15). The molecule has 5 nitrogen and oxygen atoms in total. The Hall–Kier alpha value is -2.04. The third-order valence-corrected chi connectivity index (χ3v) is 2.59. The largest absolute Gasteiger partial charge is 0.417 e. The van der Waals surface area contributed by atoms with Crippen LogP contribution in [0.25, 0.3) is 22.1 Å². The molecule has 16 heavy (non-hydrogen) atoms. The lowest BCUT2D eigenvalue weighted by Gasteiger charge is -1.95. The molecule has 2 N–H and O–H groups in total. The molecule has 0 fully saturated rings. The second-order valence-corrected chi connectivity index (χ2v) is 4.16. The summed E-state index contributed by atoms with van der Waals surface area (Å²) < 4.78 is 4.98. The number of aromatic amines is 2. The van der Waals surface area contributed by atoms with Crippen LogP contribution in [0.2, 0.25) is 0 Å². The lowest BCUT2D eigenvalue weighted by molar-refractivity contribution is 0.555. The highest BCUT2D eigenvalue weighted by Gasteiger charge is 2.09. The van der Waals surface area contributed by atoms with E-state index in [9.17, 15) is 4.79 Å². The fourth-order valence-electron chi connectivity index (χ4n) is 1.75. The first-order valence-electron chi connectivity index (χ1n) is 5.16. The van der Waals surface area contributed by atoms with Crippen molar-refractivity contribution in [1.82, 2.24) is 15.0 Å². The molecule has 0 saturated heterocycles. The lowest BCUT2D eigenvalue weighted by atomic mass is 10.2. The summed E-state index contributed by atoms with van der Waals surface area (Å²) in [5.41, 5.74) is 2.96. The Bertz CT molecular complexity index is 664. The Morgan fingerprint density at radius 3 is 2.81 bits per heavy atom. The highest BCUT2D eigenvalue weighted by Crippen LogP contribution is 2.21. The molecule has 3 rings (SSSR count). The molecular formula is C11H11N3O2. The molecule has 2 heterocycles. The number of hydrogen-bond donors (Lipinski definition) is 2. The van der Waals surface area contributed by atoms with Gasteiger partial charge in [-0.15, -0.1) is 0 Å². The molecule has 0 aliphatic heterocycles. The van der Waals surface area contributed by atoms with Crippen LogP contribution < -0.4 is 5.76 Å². The monoisotopic (exact) mass is 217 g/mol. The van der Waals surface area contributed by atoms with E-state index >= 15 is 0 Å². The molecule has 0 bridgehead atoms. The first kappa shape index (κ1) is 9.21. The van der Waals surface area contributed by atoms with Crippen molar-refractivity contribution in [3.8, 4) is 0 Å². The van der Waals surface area contributed by atoms with Crippen LogP contribution in [0.15, 0.2) is 21.3 Å². The minimum Gasteiger partial charge on any atom is -0.408 e. The van der Waals surface area contributed by atoms with Crippen molar-refractivity contribution in [2.45, 2.75) is 19.8 Å². The van der Waals surface area contributed by atoms with E-state index in [2.05, 4.69) is 28.8 Å². The predicted molar refractivity (Wildman–Crippen MR) is 60.6 cm³/mol. The molecule has 0 aliphatic rings. The number of oxazole rings is 1. The number of nitrogens with zero attached hydrogens (tertiary/aromatic N) is 1. The summed E-state index contributed by atoms with van der Waals surface area (Å²) in [4.78, 5) is 21.3. The summed E-state index contributed by atoms with van der Waals surface area (Å²) in [7, 11) is 0. The van der Waals surface area contributed by atoms with Crippen LogP contribution in [0.4, 0.5) is 0 Å². The Balaban J connectivity index is 2.35. The van der Waals surface area contributed by atoms with Gasteiger partial charge in [0.15, 0.2) is 5.58 Å². The Kier molecular flexibility index (Phi) is 1.71. The van der Waals surface area contributed by atoms with E-state index in [-0.39, 0.29) is 0 Å². The number of H-pyrrole nitrogens is 2. The van der Waals surface area contributed by atoms with Crippen LogP contribution >= 0.6 is 0 Å². The summed E-state index contributed by atoms with van der Waals surface area (Å²) in [6.07, 6.45) is 0. The van der Waals surface area contributed by atoms with E-state index in [0.29, 0.717) is 17.0 Å². The quantitative estimate of drug-likeness (QED) is 0.655. The van der Waals surface area contributed by atoms with Crippen LogP contribution in [0.1, 0.15) is 25.6 Å². The van der Waals surface area contributed by atoms with Crippen molar-refractivity contribution < 1.29 is 4.42 Å². The van der Waals surface area contributed by atoms with Crippen LogP contribution in [0.5, 0.6) is 0 Å². The van der Waals surface area contributed by atoms with Crippen molar-refractivity contribution in [1.29, 1.82) is 0 Å². The summed E-state index contributed by atoms with van der Waals surface area (Å²) in [5, 5.41) is 0. The van der Waals surface area contributed by atoms with Gasteiger partial charge in [0.2, 0.25) is 0 Å². The van der Waals surface area contributed by atoms with Crippen molar-refractivity contribution in [2.75, 3.05) is 0 Å². The van der Waals surface area contributed by atoms with Crippen molar-refractivity contribution in [3.05, 3.63) is 28.5 Å². The minimum absolute atomic E-state index is 0.345. The van der Waals surface area contributed by atoms with Gasteiger partial charge in [0.25, 0.3) is 0 Å². The molecular weight excluding hydrogens is 206 g/mol. The van der Waals surface area contributed by atoms with Crippen molar-refractivity contribution in [3.63, 3.8) is 0 Å². The van der Waals surface area contributed by atoms with Crippen LogP contribution in [0.3, 0.4) is 0 Å². The molecule has 0 radical (unpaired) electrons. The number of fused-ring (bicyclic) bond motifs is 2. The first-order chi connectivity index (χ1) is 7.63. The maximum atomic E-state index is 11.0. The molecule has 0 atom stereocenters. The van der Waals surface area contributed by atoms with E-state index in [1.54, 1.807) is 6.07 Å². The molecule has 0 aliphatic carbocycles. The van der Waals surface area contributed by atoms with Crippen LogP contribution in [-0.2, 0) is 0 Å². The normalized spacial score (nSPS) is 11.9. The van der Waals surface area contributed by atoms with Gasteiger partial charge in [0, 0.05) is 12.0 Å². The number of hydrogen-bond acceptors (Lipinski definition) is 3. The molecule has 0 unspecified atom stereocenters. The zero-order valence-electron chi connectivity index (χ0n) is 9.00. The summed E-state index contributed by atoms with van der Waals surface area (Å²) in [6, 6.07) is 3.61. The zero-order chi connectivity index (χ0) is 11.3. The smallest absolute Gasteiger partial charge is 0.408 e. The van der Waals surface area contributed by atoms with E-state index in [1.807, 2.05) is 6.07 Å². The van der Waals surface area contributed by atoms with Gasteiger partial charge < -0.3 is 9.40 Å². The maximum Gasteiger partial charge on any atom is 0.417 e. The van der Waals surface area contributed by atoms with E-state index < -0.39 is 5.76 Å². The second kappa shape index (κ2) is 2.98. The van der Waals surface area contributed by atoms with Gasteiger partial charge in [-0.1, -0.05) is 13.8 Å². The minimum atomic E-state index is -0.438. The molecule has 5 heteroatoms. The van der Waals surface area contributed by atoms with Crippen molar-refractivity contribution in [2.24, 2.45) is 0 Å². The van der Waals surface area contributed by atoms with Gasteiger partial charge in [-0.2, -0.15) is 0 Å². The van der Waals surface area contributed by atoms with Gasteiger partial charge in [0.05, 0.1) is 16.6 Å². The van der Waals surface area contributed by atoms with Crippen molar-refractivity contribution >= 4 is 22.1 Å². The molecule has 0 saturated carbocycles. The zero-order valence-corrected chi connectivity index (χ0v) is 9.00. The Morgan fingerprint density at radius 1 is 1.25 bits per heavy atom. The number of benzene rings is 1. The van der Waals surface area contributed by atoms with Gasteiger partial charge in [0.1, 0.15) is 5.82 Å². The lowest BCUT2D eigenvalue weighted by Crippen LogP contribution is -1.92. The third-order valence-electron chi connectivity index (χ3n) is 2.59. The number of aromatic nitrogens is 3. The number of imidazole rings is 1. The van der Waals surface area contributed by atoms with Crippen LogP contribution in [0, 0.1) is 0 Å².